The molecule has 0 atom stereocenters. The second kappa shape index (κ2) is 4.15. The number of Topliss-reactive ketones (excluding diaryl/α,β-unsaturated/α-hetero) is 1. The van der Waals surface area contributed by atoms with E-state index in [0.29, 0.717) is 18.8 Å². The lowest BCUT2D eigenvalue weighted by atomic mass is 9.79. The van der Waals surface area contributed by atoms with Gasteiger partial charge in [-0.2, -0.15) is 0 Å². The lowest BCUT2D eigenvalue weighted by Gasteiger charge is -2.38. The van der Waals surface area contributed by atoms with Gasteiger partial charge in [0.05, 0.1) is 30.9 Å². The number of fused-ring (bicyclic) bond motifs is 1. The molecule has 1 N–H and O–H groups in total. The number of hydrogen-bond donors (Lipinski definition) is 1. The molecule has 1 saturated heterocycles. The van der Waals surface area contributed by atoms with Gasteiger partial charge < -0.3 is 14.4 Å². The minimum atomic E-state index is -0.752. The average molecular weight is 260 g/mol. The van der Waals surface area contributed by atoms with Crippen molar-refractivity contribution in [1.82, 2.24) is 9.55 Å². The number of aryl methyl sites for hydroxylation is 2. The van der Waals surface area contributed by atoms with Gasteiger partial charge in [0.15, 0.2) is 5.78 Å². The predicted octanol–water partition coefficient (Wildman–Crippen LogP) is 1.07. The van der Waals surface area contributed by atoms with Crippen LogP contribution in [0.1, 0.15) is 16.2 Å². The number of hydrogen-bond acceptors (Lipinski definition) is 4. The van der Waals surface area contributed by atoms with E-state index in [1.165, 1.54) is 0 Å². The molecule has 19 heavy (non-hydrogen) atoms. The monoisotopic (exact) mass is 260 g/mol. The van der Waals surface area contributed by atoms with Crippen molar-refractivity contribution >= 4 is 16.8 Å². The number of aliphatic hydroxyl groups is 1. The molecule has 100 valence electrons. The first-order valence-corrected chi connectivity index (χ1v) is 6.24. The van der Waals surface area contributed by atoms with Gasteiger partial charge in [-0.15, -0.1) is 0 Å². The molecule has 3 rings (SSSR count). The Hall–Kier alpha value is -1.72. The Kier molecular flexibility index (Phi) is 2.69. The minimum Gasteiger partial charge on any atom is -0.395 e. The molecular weight excluding hydrogens is 244 g/mol. The largest absolute Gasteiger partial charge is 0.395 e. The molecular formula is C14H16N2O3. The van der Waals surface area contributed by atoms with Gasteiger partial charge in [0.1, 0.15) is 11.2 Å². The van der Waals surface area contributed by atoms with Crippen LogP contribution in [0.25, 0.3) is 11.0 Å². The Bertz CT molecular complexity index is 650. The molecule has 0 radical (unpaired) electrons. The number of ketones is 1. The van der Waals surface area contributed by atoms with Crippen LogP contribution in [-0.2, 0) is 11.8 Å². The molecule has 2 aromatic rings. The second-order valence-electron chi connectivity index (χ2n) is 5.18. The molecule has 1 aromatic heterocycles. The predicted molar refractivity (Wildman–Crippen MR) is 70.1 cm³/mol. The van der Waals surface area contributed by atoms with Crippen LogP contribution in [0.15, 0.2) is 18.2 Å². The van der Waals surface area contributed by atoms with Gasteiger partial charge in [-0.25, -0.2) is 4.98 Å². The number of ether oxygens (including phenoxy) is 1. The molecule has 1 fully saturated rings. The molecule has 1 aliphatic heterocycles. The van der Waals surface area contributed by atoms with Crippen molar-refractivity contribution in [3.63, 3.8) is 0 Å². The van der Waals surface area contributed by atoms with Crippen LogP contribution in [0.4, 0.5) is 0 Å². The highest BCUT2D eigenvalue weighted by molar-refractivity contribution is 6.03. The number of carbonyl (C=O) groups excluding carboxylic acids is 1. The van der Waals surface area contributed by atoms with E-state index in [4.69, 9.17) is 4.74 Å². The lowest BCUT2D eigenvalue weighted by molar-refractivity contribution is -0.109. The Labute approximate surface area is 110 Å². The fourth-order valence-corrected chi connectivity index (χ4v) is 2.41. The summed E-state index contributed by atoms with van der Waals surface area (Å²) in [5, 5.41) is 9.41. The van der Waals surface area contributed by atoms with E-state index >= 15 is 0 Å². The summed E-state index contributed by atoms with van der Waals surface area (Å²) in [4.78, 5) is 16.9. The van der Waals surface area contributed by atoms with Crippen molar-refractivity contribution in [3.8, 4) is 0 Å². The quantitative estimate of drug-likeness (QED) is 0.839. The Balaban J connectivity index is 2.04. The number of nitrogens with zero attached hydrogens (tertiary/aromatic N) is 2. The lowest BCUT2D eigenvalue weighted by Crippen LogP contribution is -2.51. The van der Waals surface area contributed by atoms with Crippen LogP contribution in [0.3, 0.4) is 0 Å². The summed E-state index contributed by atoms with van der Waals surface area (Å²) in [5.74, 6) is 0.843. The Morgan fingerprint density at radius 1 is 1.53 bits per heavy atom. The molecule has 0 unspecified atom stereocenters. The second-order valence-corrected chi connectivity index (χ2v) is 5.18. The minimum absolute atomic E-state index is 0.0635. The first-order chi connectivity index (χ1) is 9.07. The molecule has 0 spiro atoms. The molecule has 0 aliphatic carbocycles. The highest BCUT2D eigenvalue weighted by Gasteiger charge is 2.45. The Morgan fingerprint density at radius 3 is 2.84 bits per heavy atom. The third kappa shape index (κ3) is 1.69. The van der Waals surface area contributed by atoms with Crippen molar-refractivity contribution in [1.29, 1.82) is 0 Å². The highest BCUT2D eigenvalue weighted by Crippen LogP contribution is 2.32. The third-order valence-corrected chi connectivity index (χ3v) is 3.91. The maximum absolute atomic E-state index is 12.4. The van der Waals surface area contributed by atoms with Crippen LogP contribution in [-0.4, -0.2) is 40.3 Å². The van der Waals surface area contributed by atoms with Crippen molar-refractivity contribution in [2.24, 2.45) is 12.5 Å². The summed E-state index contributed by atoms with van der Waals surface area (Å²) in [5.41, 5.74) is 1.64. The van der Waals surface area contributed by atoms with Crippen molar-refractivity contribution in [3.05, 3.63) is 29.6 Å². The number of rotatable bonds is 3. The summed E-state index contributed by atoms with van der Waals surface area (Å²) in [6.07, 6.45) is 0. The van der Waals surface area contributed by atoms with E-state index < -0.39 is 5.41 Å². The first-order valence-electron chi connectivity index (χ1n) is 6.24. The van der Waals surface area contributed by atoms with Gasteiger partial charge in [0.2, 0.25) is 0 Å². The molecule has 1 aromatic carbocycles. The van der Waals surface area contributed by atoms with Gasteiger partial charge in [0.25, 0.3) is 0 Å². The van der Waals surface area contributed by atoms with Gasteiger partial charge in [-0.1, -0.05) is 0 Å². The average Bonchev–Trinajstić information content (AvgIpc) is 2.64. The summed E-state index contributed by atoms with van der Waals surface area (Å²) in [6.45, 7) is 2.34. The Morgan fingerprint density at radius 2 is 2.26 bits per heavy atom. The fraction of sp³-hybridized carbons (Fsp3) is 0.429. The van der Waals surface area contributed by atoms with Crippen LogP contribution < -0.4 is 0 Å². The maximum Gasteiger partial charge on any atom is 0.176 e. The van der Waals surface area contributed by atoms with Crippen molar-refractivity contribution in [2.75, 3.05) is 19.8 Å². The summed E-state index contributed by atoms with van der Waals surface area (Å²) in [7, 11) is 1.95. The van der Waals surface area contributed by atoms with Gasteiger partial charge in [-0.3, -0.25) is 4.79 Å². The molecule has 0 bridgehead atoms. The standard InChI is InChI=1S/C14H16N2O3/c1-9-15-11-5-10(3-4-12(11)16(9)2)13(18)14(6-17)7-19-8-14/h3-5,17H,6-8H2,1-2H3. The topological polar surface area (TPSA) is 64.3 Å². The summed E-state index contributed by atoms with van der Waals surface area (Å²) < 4.78 is 7.07. The number of aliphatic hydroxyl groups excluding tert-OH is 1. The van der Waals surface area contributed by atoms with Crippen LogP contribution >= 0.6 is 0 Å². The van der Waals surface area contributed by atoms with E-state index in [1.54, 1.807) is 12.1 Å². The molecule has 5 heteroatoms. The molecule has 5 nitrogen and oxygen atoms in total. The zero-order chi connectivity index (χ0) is 13.6. The zero-order valence-electron chi connectivity index (χ0n) is 11.0. The third-order valence-electron chi connectivity index (χ3n) is 3.91. The van der Waals surface area contributed by atoms with Crippen LogP contribution in [0, 0.1) is 12.3 Å². The maximum atomic E-state index is 12.4. The molecule has 0 saturated carbocycles. The van der Waals surface area contributed by atoms with Gasteiger partial charge in [0, 0.05) is 12.6 Å². The van der Waals surface area contributed by atoms with Crippen LogP contribution in [0.2, 0.25) is 0 Å². The number of benzene rings is 1. The summed E-state index contributed by atoms with van der Waals surface area (Å²) >= 11 is 0. The van der Waals surface area contributed by atoms with Gasteiger partial charge >= 0.3 is 0 Å². The molecule has 0 amide bonds. The van der Waals surface area contributed by atoms with Crippen molar-refractivity contribution < 1.29 is 14.6 Å². The normalized spacial score (nSPS) is 17.4. The van der Waals surface area contributed by atoms with E-state index in [2.05, 4.69) is 4.98 Å². The highest BCUT2D eigenvalue weighted by atomic mass is 16.5. The molecule has 1 aliphatic rings. The zero-order valence-corrected chi connectivity index (χ0v) is 11.0. The van der Waals surface area contributed by atoms with Crippen LogP contribution in [0.5, 0.6) is 0 Å². The van der Waals surface area contributed by atoms with E-state index in [0.717, 1.165) is 16.9 Å². The van der Waals surface area contributed by atoms with Crippen molar-refractivity contribution in [2.45, 2.75) is 6.92 Å². The summed E-state index contributed by atoms with van der Waals surface area (Å²) in [6, 6.07) is 5.48. The number of aromatic nitrogens is 2. The van der Waals surface area contributed by atoms with E-state index in [9.17, 15) is 9.90 Å². The van der Waals surface area contributed by atoms with E-state index in [1.807, 2.05) is 24.6 Å². The van der Waals surface area contributed by atoms with E-state index in [-0.39, 0.29) is 12.4 Å². The molecule has 2 heterocycles. The fourth-order valence-electron chi connectivity index (χ4n) is 2.41. The smallest absolute Gasteiger partial charge is 0.176 e. The first kappa shape index (κ1) is 12.3. The number of imidazole rings is 1. The number of carbonyl (C=O) groups is 1. The SMILES string of the molecule is Cc1nc2cc(C(=O)C3(CO)COC3)ccc2n1C. The van der Waals surface area contributed by atoms with Gasteiger partial charge in [-0.05, 0) is 25.1 Å².